The van der Waals surface area contributed by atoms with Gasteiger partial charge in [-0.1, -0.05) is 12.1 Å². The third-order valence-corrected chi connectivity index (χ3v) is 2.47. The number of halogens is 1. The lowest BCUT2D eigenvalue weighted by atomic mass is 10.1. The van der Waals surface area contributed by atoms with Gasteiger partial charge in [-0.2, -0.15) is 0 Å². The van der Waals surface area contributed by atoms with Crippen LogP contribution in [0.25, 0.3) is 0 Å². The molecular weight excluding hydrogens is 181 g/mol. The van der Waals surface area contributed by atoms with Crippen LogP contribution in [0.4, 0.5) is 4.39 Å². The zero-order valence-electron chi connectivity index (χ0n) is 8.16. The lowest BCUT2D eigenvalue weighted by molar-refractivity contribution is 0.0149. The molecule has 1 saturated heterocycles. The summed E-state index contributed by atoms with van der Waals surface area (Å²) >= 11 is 0. The van der Waals surface area contributed by atoms with Crippen molar-refractivity contribution >= 4 is 0 Å². The summed E-state index contributed by atoms with van der Waals surface area (Å²) in [6.07, 6.45) is 0.270. The van der Waals surface area contributed by atoms with Crippen molar-refractivity contribution < 1.29 is 9.13 Å². The average molecular weight is 195 g/mol. The Morgan fingerprint density at radius 1 is 1.36 bits per heavy atom. The maximum atomic E-state index is 12.7. The molecule has 2 atom stereocenters. The van der Waals surface area contributed by atoms with E-state index in [-0.39, 0.29) is 18.0 Å². The molecule has 14 heavy (non-hydrogen) atoms. The van der Waals surface area contributed by atoms with Gasteiger partial charge >= 0.3 is 0 Å². The van der Waals surface area contributed by atoms with Gasteiger partial charge in [0.1, 0.15) is 5.82 Å². The van der Waals surface area contributed by atoms with Crippen LogP contribution in [0.15, 0.2) is 24.3 Å². The molecule has 1 heterocycles. The Bertz CT molecular complexity index is 291. The maximum absolute atomic E-state index is 12.7. The molecule has 1 fully saturated rings. The van der Waals surface area contributed by atoms with Crippen molar-refractivity contribution in [2.75, 3.05) is 13.2 Å². The smallest absolute Gasteiger partial charge is 0.123 e. The lowest BCUT2D eigenvalue weighted by Crippen LogP contribution is -2.39. The molecule has 0 aromatic heterocycles. The summed E-state index contributed by atoms with van der Waals surface area (Å²) in [5, 5.41) is 3.36. The highest BCUT2D eigenvalue weighted by Gasteiger charge is 2.18. The van der Waals surface area contributed by atoms with Gasteiger partial charge in [0.15, 0.2) is 0 Å². The molecule has 0 unspecified atom stereocenters. The highest BCUT2D eigenvalue weighted by atomic mass is 19.1. The van der Waals surface area contributed by atoms with E-state index in [2.05, 4.69) is 5.32 Å². The minimum absolute atomic E-state index is 0.196. The van der Waals surface area contributed by atoms with E-state index < -0.39 is 0 Å². The van der Waals surface area contributed by atoms with E-state index >= 15 is 0 Å². The van der Waals surface area contributed by atoms with Crippen LogP contribution in [0.5, 0.6) is 0 Å². The van der Waals surface area contributed by atoms with Gasteiger partial charge in [0.2, 0.25) is 0 Å². The molecule has 1 aromatic rings. The number of rotatable bonds is 1. The summed E-state index contributed by atoms with van der Waals surface area (Å²) in [6.45, 7) is 3.54. The Morgan fingerprint density at radius 3 is 2.64 bits per heavy atom. The predicted molar refractivity (Wildman–Crippen MR) is 52.6 cm³/mol. The van der Waals surface area contributed by atoms with Gasteiger partial charge in [0.05, 0.1) is 18.8 Å². The van der Waals surface area contributed by atoms with E-state index in [9.17, 15) is 4.39 Å². The fraction of sp³-hybridized carbons (Fsp3) is 0.455. The SMILES string of the molecule is C[C@H]1CN[C@@H](c2ccc(F)cc2)CO1. The molecule has 0 radical (unpaired) electrons. The molecule has 1 aliphatic heterocycles. The van der Waals surface area contributed by atoms with Crippen molar-refractivity contribution in [1.82, 2.24) is 5.32 Å². The molecule has 1 aliphatic rings. The number of ether oxygens (including phenoxy) is 1. The highest BCUT2D eigenvalue weighted by Crippen LogP contribution is 2.17. The van der Waals surface area contributed by atoms with Gasteiger partial charge in [0.25, 0.3) is 0 Å². The molecule has 2 nitrogen and oxygen atoms in total. The van der Waals surface area contributed by atoms with Gasteiger partial charge in [0, 0.05) is 6.54 Å². The van der Waals surface area contributed by atoms with Crippen LogP contribution in [0, 0.1) is 5.82 Å². The van der Waals surface area contributed by atoms with Crippen molar-refractivity contribution in [3.63, 3.8) is 0 Å². The fourth-order valence-corrected chi connectivity index (χ4v) is 1.60. The van der Waals surface area contributed by atoms with Gasteiger partial charge in [-0.15, -0.1) is 0 Å². The van der Waals surface area contributed by atoms with E-state index in [4.69, 9.17) is 4.74 Å². The summed E-state index contributed by atoms with van der Waals surface area (Å²) in [6, 6.07) is 6.76. The molecule has 0 saturated carbocycles. The monoisotopic (exact) mass is 195 g/mol. The molecule has 0 bridgehead atoms. The molecule has 0 amide bonds. The van der Waals surface area contributed by atoms with Crippen molar-refractivity contribution in [3.8, 4) is 0 Å². The fourth-order valence-electron chi connectivity index (χ4n) is 1.60. The predicted octanol–water partition coefficient (Wildman–Crippen LogP) is 1.88. The van der Waals surface area contributed by atoms with Crippen LogP contribution >= 0.6 is 0 Å². The quantitative estimate of drug-likeness (QED) is 0.738. The van der Waals surface area contributed by atoms with Gasteiger partial charge in [-0.3, -0.25) is 0 Å². The third kappa shape index (κ3) is 2.11. The molecule has 1 N–H and O–H groups in total. The first-order valence-electron chi connectivity index (χ1n) is 4.86. The average Bonchev–Trinajstić information content (AvgIpc) is 2.21. The Kier molecular flexibility index (Phi) is 2.79. The largest absolute Gasteiger partial charge is 0.375 e. The van der Waals surface area contributed by atoms with Gasteiger partial charge < -0.3 is 10.1 Å². The van der Waals surface area contributed by atoms with Crippen LogP contribution in [0.1, 0.15) is 18.5 Å². The minimum Gasteiger partial charge on any atom is -0.375 e. The first kappa shape index (κ1) is 9.62. The zero-order valence-corrected chi connectivity index (χ0v) is 8.16. The second-order valence-corrected chi connectivity index (χ2v) is 3.66. The van der Waals surface area contributed by atoms with Gasteiger partial charge in [-0.05, 0) is 24.6 Å². The number of hydrogen-bond acceptors (Lipinski definition) is 2. The van der Waals surface area contributed by atoms with Gasteiger partial charge in [-0.25, -0.2) is 4.39 Å². The minimum atomic E-state index is -0.196. The van der Waals surface area contributed by atoms with Crippen molar-refractivity contribution in [1.29, 1.82) is 0 Å². The Labute approximate surface area is 83.1 Å². The van der Waals surface area contributed by atoms with Crippen molar-refractivity contribution in [2.45, 2.75) is 19.1 Å². The summed E-state index contributed by atoms with van der Waals surface area (Å²) < 4.78 is 18.2. The number of benzene rings is 1. The Morgan fingerprint density at radius 2 is 2.07 bits per heavy atom. The number of hydrogen-bond donors (Lipinski definition) is 1. The second kappa shape index (κ2) is 4.07. The highest BCUT2D eigenvalue weighted by molar-refractivity contribution is 5.20. The normalized spacial score (nSPS) is 27.6. The number of nitrogens with one attached hydrogen (secondary N) is 1. The molecule has 76 valence electrons. The molecular formula is C11H14FNO. The molecule has 2 rings (SSSR count). The summed E-state index contributed by atoms with van der Waals surface area (Å²) in [7, 11) is 0. The van der Waals surface area contributed by atoms with E-state index in [0.717, 1.165) is 12.1 Å². The second-order valence-electron chi connectivity index (χ2n) is 3.66. The van der Waals surface area contributed by atoms with Crippen LogP contribution in [0.3, 0.4) is 0 Å². The Hall–Kier alpha value is -0.930. The summed E-state index contributed by atoms with van der Waals surface area (Å²) in [5.41, 5.74) is 1.08. The van der Waals surface area contributed by atoms with E-state index in [1.165, 1.54) is 12.1 Å². The van der Waals surface area contributed by atoms with Crippen LogP contribution in [-0.4, -0.2) is 19.3 Å². The molecule has 0 spiro atoms. The topological polar surface area (TPSA) is 21.3 Å². The third-order valence-electron chi connectivity index (χ3n) is 2.47. The van der Waals surface area contributed by atoms with Crippen LogP contribution < -0.4 is 5.32 Å². The van der Waals surface area contributed by atoms with Crippen molar-refractivity contribution in [2.24, 2.45) is 0 Å². The van der Waals surface area contributed by atoms with E-state index in [1.54, 1.807) is 12.1 Å². The van der Waals surface area contributed by atoms with Crippen LogP contribution in [-0.2, 0) is 4.74 Å². The summed E-state index contributed by atoms with van der Waals surface area (Å²) in [5.74, 6) is -0.196. The zero-order chi connectivity index (χ0) is 9.97. The Balaban J connectivity index is 2.05. The van der Waals surface area contributed by atoms with E-state index in [1.807, 2.05) is 6.92 Å². The number of morpholine rings is 1. The van der Waals surface area contributed by atoms with Crippen LogP contribution in [0.2, 0.25) is 0 Å². The lowest BCUT2D eigenvalue weighted by Gasteiger charge is -2.28. The maximum Gasteiger partial charge on any atom is 0.123 e. The molecule has 0 aliphatic carbocycles. The summed E-state index contributed by atoms with van der Waals surface area (Å²) in [4.78, 5) is 0. The van der Waals surface area contributed by atoms with E-state index in [0.29, 0.717) is 6.61 Å². The first-order chi connectivity index (χ1) is 6.75. The standard InChI is InChI=1S/C11H14FNO/c1-8-6-13-11(7-14-8)9-2-4-10(12)5-3-9/h2-5,8,11,13H,6-7H2,1H3/t8-,11+/m0/s1. The van der Waals surface area contributed by atoms with Crippen molar-refractivity contribution in [3.05, 3.63) is 35.6 Å². The molecule has 1 aromatic carbocycles. The molecule has 3 heteroatoms. The first-order valence-corrected chi connectivity index (χ1v) is 4.86.